The van der Waals surface area contributed by atoms with Crippen LogP contribution < -0.4 is 5.32 Å². The van der Waals surface area contributed by atoms with E-state index < -0.39 is 0 Å². The normalized spacial score (nSPS) is 27.3. The lowest BCUT2D eigenvalue weighted by Gasteiger charge is -2.39. The third-order valence-electron chi connectivity index (χ3n) is 4.25. The molecule has 0 amide bonds. The van der Waals surface area contributed by atoms with Gasteiger partial charge in [0.25, 0.3) is 0 Å². The van der Waals surface area contributed by atoms with Crippen LogP contribution in [0.25, 0.3) is 0 Å². The molecule has 1 aromatic rings. The second-order valence-corrected chi connectivity index (χ2v) is 6.55. The van der Waals surface area contributed by atoms with Crippen LogP contribution in [-0.4, -0.2) is 27.4 Å². The van der Waals surface area contributed by atoms with Crippen molar-refractivity contribution in [1.82, 2.24) is 20.1 Å². The van der Waals surface area contributed by atoms with E-state index in [1.807, 2.05) is 11.6 Å². The third kappa shape index (κ3) is 3.31. The topological polar surface area (TPSA) is 42.7 Å². The van der Waals surface area contributed by atoms with Gasteiger partial charge in [-0.3, -0.25) is 0 Å². The van der Waals surface area contributed by atoms with Crippen LogP contribution >= 0.6 is 0 Å². The highest BCUT2D eigenvalue weighted by molar-refractivity contribution is 4.89. The minimum atomic E-state index is 0.529. The van der Waals surface area contributed by atoms with Gasteiger partial charge in [0, 0.05) is 26.1 Å². The Labute approximate surface area is 110 Å². The Bertz CT molecular complexity index is 383. The highest BCUT2D eigenvalue weighted by Gasteiger charge is 2.31. The molecule has 1 aliphatic carbocycles. The molecule has 0 saturated heterocycles. The zero-order chi connectivity index (χ0) is 13.2. The summed E-state index contributed by atoms with van der Waals surface area (Å²) in [5, 5.41) is 11.7. The van der Waals surface area contributed by atoms with E-state index in [9.17, 15) is 0 Å². The van der Waals surface area contributed by atoms with E-state index in [1.54, 1.807) is 6.33 Å². The molecule has 0 radical (unpaired) electrons. The molecule has 1 aromatic heterocycles. The van der Waals surface area contributed by atoms with Crippen molar-refractivity contribution in [1.29, 1.82) is 0 Å². The van der Waals surface area contributed by atoms with Crippen LogP contribution in [0.15, 0.2) is 6.33 Å². The fraction of sp³-hybridized carbons (Fsp3) is 0.857. The highest BCUT2D eigenvalue weighted by atomic mass is 15.2. The smallest absolute Gasteiger partial charge is 0.133 e. The van der Waals surface area contributed by atoms with E-state index in [0.717, 1.165) is 24.7 Å². The first kappa shape index (κ1) is 13.5. The molecule has 1 fully saturated rings. The van der Waals surface area contributed by atoms with Crippen molar-refractivity contribution in [2.45, 2.75) is 52.5 Å². The lowest BCUT2D eigenvalue weighted by atomic mass is 9.70. The number of hydrogen-bond acceptors (Lipinski definition) is 3. The number of hydrogen-bond donors (Lipinski definition) is 1. The largest absolute Gasteiger partial charge is 0.321 e. The van der Waals surface area contributed by atoms with Gasteiger partial charge in [0.15, 0.2) is 0 Å². The van der Waals surface area contributed by atoms with Gasteiger partial charge in [0.2, 0.25) is 0 Å². The molecule has 0 aliphatic heterocycles. The van der Waals surface area contributed by atoms with Crippen LogP contribution in [0.5, 0.6) is 0 Å². The van der Waals surface area contributed by atoms with Crippen molar-refractivity contribution in [2.24, 2.45) is 18.4 Å². The monoisotopic (exact) mass is 250 g/mol. The molecule has 4 nitrogen and oxygen atoms in total. The molecule has 102 valence electrons. The number of aryl methyl sites for hydroxylation is 1. The maximum atomic E-state index is 4.11. The number of nitrogens with one attached hydrogen (secondary N) is 1. The second kappa shape index (κ2) is 5.39. The van der Waals surface area contributed by atoms with E-state index in [0.29, 0.717) is 11.5 Å². The third-order valence-corrected chi connectivity index (χ3v) is 4.25. The standard InChI is InChI=1S/C14H26N4/c1-11-9-14(2,3)7-5-12(11)15-8-6-13-17-16-10-18(13)4/h10-12,15H,5-9H2,1-4H3. The average Bonchev–Trinajstić information content (AvgIpc) is 2.67. The van der Waals surface area contributed by atoms with Gasteiger partial charge < -0.3 is 9.88 Å². The van der Waals surface area contributed by atoms with E-state index in [2.05, 4.69) is 36.3 Å². The molecule has 1 N–H and O–H groups in total. The molecule has 1 aliphatic rings. The Morgan fingerprint density at radius 3 is 2.89 bits per heavy atom. The van der Waals surface area contributed by atoms with E-state index in [-0.39, 0.29) is 0 Å². The molecule has 0 spiro atoms. The fourth-order valence-electron chi connectivity index (χ4n) is 3.15. The summed E-state index contributed by atoms with van der Waals surface area (Å²) in [6, 6.07) is 0.672. The summed E-state index contributed by atoms with van der Waals surface area (Å²) in [7, 11) is 2.00. The Morgan fingerprint density at radius 1 is 1.50 bits per heavy atom. The SMILES string of the molecule is CC1CC(C)(C)CCC1NCCc1nncn1C. The second-order valence-electron chi connectivity index (χ2n) is 6.55. The van der Waals surface area contributed by atoms with Crippen molar-refractivity contribution < 1.29 is 0 Å². The van der Waals surface area contributed by atoms with Gasteiger partial charge in [-0.25, -0.2) is 0 Å². The first-order chi connectivity index (χ1) is 8.48. The minimum absolute atomic E-state index is 0.529. The van der Waals surface area contributed by atoms with E-state index >= 15 is 0 Å². The quantitative estimate of drug-likeness (QED) is 0.890. The van der Waals surface area contributed by atoms with Gasteiger partial charge in [-0.1, -0.05) is 20.8 Å². The van der Waals surface area contributed by atoms with Gasteiger partial charge in [-0.05, 0) is 30.6 Å². The van der Waals surface area contributed by atoms with Crippen molar-refractivity contribution in [2.75, 3.05) is 6.54 Å². The van der Waals surface area contributed by atoms with E-state index in [1.165, 1.54) is 19.3 Å². The Hall–Kier alpha value is -0.900. The van der Waals surface area contributed by atoms with Crippen LogP contribution in [0.2, 0.25) is 0 Å². The summed E-state index contributed by atoms with van der Waals surface area (Å²) in [6.07, 6.45) is 6.69. The average molecular weight is 250 g/mol. The zero-order valence-corrected chi connectivity index (χ0v) is 12.1. The van der Waals surface area contributed by atoms with Crippen molar-refractivity contribution in [3.8, 4) is 0 Å². The summed E-state index contributed by atoms with van der Waals surface area (Å²) in [6.45, 7) is 8.15. The molecule has 1 heterocycles. The summed E-state index contributed by atoms with van der Waals surface area (Å²) in [5.41, 5.74) is 0.529. The maximum Gasteiger partial charge on any atom is 0.133 e. The predicted octanol–water partition coefficient (Wildman–Crippen LogP) is 2.16. The lowest BCUT2D eigenvalue weighted by molar-refractivity contribution is 0.149. The van der Waals surface area contributed by atoms with Crippen molar-refractivity contribution in [3.05, 3.63) is 12.2 Å². The maximum absolute atomic E-state index is 4.11. The summed E-state index contributed by atoms with van der Waals surface area (Å²) in [5.74, 6) is 1.83. The Morgan fingerprint density at radius 2 is 2.28 bits per heavy atom. The molecule has 2 rings (SSSR count). The van der Waals surface area contributed by atoms with Gasteiger partial charge in [-0.15, -0.1) is 10.2 Å². The molecular weight excluding hydrogens is 224 g/mol. The van der Waals surface area contributed by atoms with Crippen molar-refractivity contribution >= 4 is 0 Å². The summed E-state index contributed by atoms with van der Waals surface area (Å²) in [4.78, 5) is 0. The summed E-state index contributed by atoms with van der Waals surface area (Å²) >= 11 is 0. The van der Waals surface area contributed by atoms with Crippen molar-refractivity contribution in [3.63, 3.8) is 0 Å². The number of nitrogens with zero attached hydrogens (tertiary/aromatic N) is 3. The first-order valence-electron chi connectivity index (χ1n) is 7.04. The minimum Gasteiger partial charge on any atom is -0.321 e. The van der Waals surface area contributed by atoms with Crippen LogP contribution in [0.1, 0.15) is 45.9 Å². The molecule has 1 saturated carbocycles. The fourth-order valence-corrected chi connectivity index (χ4v) is 3.15. The number of rotatable bonds is 4. The Balaban J connectivity index is 1.76. The van der Waals surface area contributed by atoms with Gasteiger partial charge in [0.05, 0.1) is 0 Å². The van der Waals surface area contributed by atoms with E-state index in [4.69, 9.17) is 0 Å². The van der Waals surface area contributed by atoms with Crippen LogP contribution in [-0.2, 0) is 13.5 Å². The van der Waals surface area contributed by atoms with Crippen LogP contribution in [0.4, 0.5) is 0 Å². The molecule has 2 atom stereocenters. The zero-order valence-electron chi connectivity index (χ0n) is 12.1. The van der Waals surface area contributed by atoms with Crippen LogP contribution in [0.3, 0.4) is 0 Å². The first-order valence-corrected chi connectivity index (χ1v) is 7.04. The molecular formula is C14H26N4. The lowest BCUT2D eigenvalue weighted by Crippen LogP contribution is -2.42. The predicted molar refractivity (Wildman–Crippen MR) is 73.3 cm³/mol. The molecule has 0 aromatic carbocycles. The summed E-state index contributed by atoms with van der Waals surface area (Å²) < 4.78 is 2.00. The van der Waals surface area contributed by atoms with Gasteiger partial charge in [-0.2, -0.15) is 0 Å². The molecule has 2 unspecified atom stereocenters. The molecule has 18 heavy (non-hydrogen) atoms. The van der Waals surface area contributed by atoms with Gasteiger partial charge >= 0.3 is 0 Å². The number of aromatic nitrogens is 3. The highest BCUT2D eigenvalue weighted by Crippen LogP contribution is 2.38. The molecule has 4 heteroatoms. The van der Waals surface area contributed by atoms with Crippen LogP contribution in [0, 0.1) is 11.3 Å². The van der Waals surface area contributed by atoms with Gasteiger partial charge in [0.1, 0.15) is 12.2 Å². The Kier molecular flexibility index (Phi) is 4.05. The molecule has 0 bridgehead atoms.